The molecule has 26 heterocycles. The van der Waals surface area contributed by atoms with Crippen molar-refractivity contribution >= 4 is 67.1 Å². The van der Waals surface area contributed by atoms with Gasteiger partial charge in [0.15, 0.2) is 23.0 Å². The van der Waals surface area contributed by atoms with Gasteiger partial charge in [-0.2, -0.15) is 13.2 Å². The molecule has 0 unspecified atom stereocenters. The Balaban J connectivity index is 0.0000000998. The van der Waals surface area contributed by atoms with Crippen LogP contribution in [0.15, 0.2) is 186 Å². The van der Waals surface area contributed by atoms with Crippen molar-refractivity contribution in [1.82, 2.24) is 84.1 Å². The van der Waals surface area contributed by atoms with Gasteiger partial charge in [0.1, 0.15) is 53.6 Å². The quantitative estimate of drug-likeness (QED) is 0.109. The van der Waals surface area contributed by atoms with Gasteiger partial charge in [0.2, 0.25) is 34.6 Å². The summed E-state index contributed by atoms with van der Waals surface area (Å²) in [5.41, 5.74) is 16.6. The molecule has 0 amide bonds. The summed E-state index contributed by atoms with van der Waals surface area (Å²) < 4.78 is 106. The summed E-state index contributed by atoms with van der Waals surface area (Å²) in [4.78, 5) is 57.0. The summed E-state index contributed by atoms with van der Waals surface area (Å²) in [7, 11) is 18.7. The molecule has 142 heavy (non-hydrogen) atoms. The molecule has 1 aromatic carbocycles. The van der Waals surface area contributed by atoms with E-state index in [1.165, 1.54) is 142 Å². The molecule has 33 heteroatoms. The van der Waals surface area contributed by atoms with E-state index in [0.29, 0.717) is 84.3 Å². The van der Waals surface area contributed by atoms with Crippen molar-refractivity contribution in [2.45, 2.75) is 177 Å². The summed E-state index contributed by atoms with van der Waals surface area (Å²) in [5, 5.41) is 4.66. The van der Waals surface area contributed by atoms with Gasteiger partial charge in [-0.25, -0.2) is 39.9 Å². The second-order valence-electron chi connectivity index (χ2n) is 39.0. The van der Waals surface area contributed by atoms with Gasteiger partial charge < -0.3 is 54.9 Å². The van der Waals surface area contributed by atoms with Crippen molar-refractivity contribution in [2.75, 3.05) is 149 Å². The molecule has 29 nitrogen and oxygen atoms in total. The molecule has 0 N–H and O–H groups in total. The predicted molar refractivity (Wildman–Crippen MR) is 536 cm³/mol. The number of rotatable bonds is 11. The Kier molecular flexibility index (Phi) is 29.9. The van der Waals surface area contributed by atoms with E-state index < -0.39 is 11.7 Å². The van der Waals surface area contributed by atoms with Gasteiger partial charge in [-0.15, -0.1) is 0 Å². The van der Waals surface area contributed by atoms with Crippen LogP contribution in [0.1, 0.15) is 218 Å². The minimum absolute atomic E-state index is 0.0725. The van der Waals surface area contributed by atoms with Crippen LogP contribution in [0.3, 0.4) is 0 Å². The number of ether oxygens (including phenoxy) is 6. The van der Waals surface area contributed by atoms with Crippen LogP contribution in [-0.2, 0) is 25.4 Å². The van der Waals surface area contributed by atoms with Gasteiger partial charge in [0.05, 0.1) is 78.9 Å². The molecule has 27 rings (SSSR count). The Bertz CT molecular complexity index is 6740. The first kappa shape index (κ1) is 97.3. The van der Waals surface area contributed by atoms with Crippen LogP contribution >= 0.6 is 11.6 Å². The standard InChI is InChI=1S/C20H18N2O2.C16H16N2O2.C13H18N2O2.C12H15ClN2O2.C12H12F3N3O.2C12H16N2O.C12H14N2O/c1-22-9-4-6-16(22)15-12-21-20-14(8-10-23-20)19(15)18-11-13-5-2-3-7-17(13)24-18;1-18-6-2-4-14(18)11-8-12-13(15-5-3-7-19-15)10-20-16(12)17-9-11;1-15-6-3-4-11(15)10-8-14-13(16-2)9-5-7-17-12(9)10;1-15-4-2-3-9(15)8-7-14-12(13)11-10(8)16-5-6-17-11;1-18-4-2-3-8(18)7-5-16-11-10(17-6-19-11)9(7)12(13,14)15;1-14-5-2-3-11(14)9-7-12-10(13-8-9)4-6-15-12;2*1-14-5-2-3-11(14)10-7-9-4-6-15-12(9)13-8-10/h2-3,5,7-8,10-12,16H,4,6,9H2,1H3;3,5,7-10,14H,2,4,6H2,1H3;8,11H,3-7H2,1-2H3;7,9H,2-6H2,1H3;5-6,8H,2-4H2,1H3;2*7-8,11H,2-6H2,1H3;4,6-8,11H,2-3,5H2,1H3/t16-;14-;11-;9-;8-;3*11-/m00000000/s1. The van der Waals surface area contributed by atoms with E-state index in [2.05, 4.69) is 165 Å². The zero-order valence-electron chi connectivity index (χ0n) is 82.3. The SMILES string of the molecule is CN1CCC[C@H]1c1cnc(Cl)c2c1OCCO2.CN1CCC[C@H]1c1cnc2c(c1)CCO2.CN1CCC[C@H]1c1cnc2c(c1)OCC2.CN1CCC[C@H]1c1cnc2occ(-c3ccco3)c2c1.CN1CCC[C@H]1c1cnc2occc2c1.CN1CCC[C@H]1c1cnc2occc2c1-c1cc2ccccc2o1.CN1CCC[C@H]1c1cnc2ocnc2c1C(F)(F)F.COc1ncc([C@@H]2CCCN2C)c2c1CCO2. The first-order chi connectivity index (χ1) is 69.2. The number of alkyl halides is 3. The molecule has 0 spiro atoms. The molecule has 0 saturated carbocycles. The summed E-state index contributed by atoms with van der Waals surface area (Å²) >= 11 is 6.03. The summed E-state index contributed by atoms with van der Waals surface area (Å²) in [6.07, 6.45) is 39.9. The number of halogens is 4. The highest BCUT2D eigenvalue weighted by Gasteiger charge is 2.42. The molecule has 8 saturated heterocycles. The molecule has 0 radical (unpaired) electrons. The average molecular weight is 1960 g/mol. The van der Waals surface area contributed by atoms with Gasteiger partial charge in [-0.3, -0.25) is 44.2 Å². The number of hydrogen-bond donors (Lipinski definition) is 0. The van der Waals surface area contributed by atoms with Crippen molar-refractivity contribution in [1.29, 1.82) is 0 Å². The minimum atomic E-state index is -4.46. The Hall–Kier alpha value is -12.1. The van der Waals surface area contributed by atoms with Crippen LogP contribution in [0.25, 0.3) is 78.1 Å². The predicted octanol–water partition coefficient (Wildman–Crippen LogP) is 22.1. The second kappa shape index (κ2) is 43.6. The maximum absolute atomic E-state index is 13.3. The first-order valence-corrected chi connectivity index (χ1v) is 50.5. The Labute approximate surface area is 829 Å². The maximum atomic E-state index is 13.3. The van der Waals surface area contributed by atoms with Crippen LogP contribution in [0.5, 0.6) is 34.8 Å². The van der Waals surface area contributed by atoms with Crippen molar-refractivity contribution in [3.8, 4) is 57.4 Å². The number of methoxy groups -OCH3 is 1. The normalized spacial score (nSPS) is 22.3. The zero-order chi connectivity index (χ0) is 97.7. The molecular weight excluding hydrogens is 1830 g/mol. The van der Waals surface area contributed by atoms with E-state index in [1.807, 2.05) is 97.8 Å². The van der Waals surface area contributed by atoms with Gasteiger partial charge in [0.25, 0.3) is 0 Å². The van der Waals surface area contributed by atoms with Crippen molar-refractivity contribution in [3.63, 3.8) is 0 Å². The number of nitrogens with zero attached hydrogens (tertiary/aromatic N) is 17. The molecule has 12 aliphatic heterocycles. The molecule has 746 valence electrons. The third kappa shape index (κ3) is 20.9. The highest BCUT2D eigenvalue weighted by atomic mass is 35.5. The van der Waals surface area contributed by atoms with Crippen molar-refractivity contribution < 1.29 is 68.1 Å². The fraction of sp³-hybridized carbons (Fsp3) is 0.459. The zero-order valence-corrected chi connectivity index (χ0v) is 83.0. The first-order valence-electron chi connectivity index (χ1n) is 50.1. The number of fused-ring (bicyclic) bond motifs is 9. The van der Waals surface area contributed by atoms with Gasteiger partial charge in [0, 0.05) is 156 Å². The van der Waals surface area contributed by atoms with E-state index in [9.17, 15) is 13.2 Å². The largest absolute Gasteiger partial charge is 0.492 e. The number of benzene rings is 1. The Morgan fingerprint density at radius 2 is 0.901 bits per heavy atom. The maximum Gasteiger partial charge on any atom is 0.419 e. The Morgan fingerprint density at radius 1 is 0.387 bits per heavy atom. The number of oxazole rings is 1. The number of hydrogen-bond acceptors (Lipinski definition) is 29. The molecule has 12 aliphatic rings. The van der Waals surface area contributed by atoms with Crippen LogP contribution in [0, 0.1) is 0 Å². The summed E-state index contributed by atoms with van der Waals surface area (Å²) in [6.45, 7) is 12.4. The monoisotopic (exact) mass is 1960 g/mol. The molecule has 8 atom stereocenters. The lowest BCUT2D eigenvalue weighted by atomic mass is 9.96. The average Bonchev–Trinajstić information content (AvgIpc) is 1.60. The van der Waals surface area contributed by atoms with Crippen LogP contribution in [0.4, 0.5) is 13.2 Å². The van der Waals surface area contributed by atoms with E-state index in [4.69, 9.17) is 66.5 Å². The molecule has 14 aromatic heterocycles. The van der Waals surface area contributed by atoms with Gasteiger partial charge in [-0.05, 0) is 300 Å². The summed E-state index contributed by atoms with van der Waals surface area (Å²) in [6, 6.07) is 30.0. The van der Waals surface area contributed by atoms with E-state index in [0.717, 1.165) is 199 Å². The Morgan fingerprint density at radius 3 is 1.53 bits per heavy atom. The van der Waals surface area contributed by atoms with Crippen molar-refractivity contribution in [3.05, 3.63) is 232 Å². The lowest BCUT2D eigenvalue weighted by molar-refractivity contribution is -0.137. The fourth-order valence-corrected chi connectivity index (χ4v) is 22.8. The van der Waals surface area contributed by atoms with Gasteiger partial charge in [-0.1, -0.05) is 29.8 Å². The molecule has 0 aliphatic carbocycles. The van der Waals surface area contributed by atoms with Crippen LogP contribution < -0.4 is 28.4 Å². The highest BCUT2D eigenvalue weighted by Crippen LogP contribution is 2.50. The number of aromatic nitrogens is 9. The van der Waals surface area contributed by atoms with E-state index in [-0.39, 0.29) is 22.8 Å². The molecule has 8 fully saturated rings. The smallest absolute Gasteiger partial charge is 0.419 e. The topological polar surface area (TPSA) is 276 Å². The van der Waals surface area contributed by atoms with E-state index in [1.54, 1.807) is 32.2 Å². The number of para-hydroxylation sites is 1. The highest BCUT2D eigenvalue weighted by molar-refractivity contribution is 6.31. The third-order valence-electron chi connectivity index (χ3n) is 30.1. The third-order valence-corrected chi connectivity index (χ3v) is 30.4. The van der Waals surface area contributed by atoms with Crippen molar-refractivity contribution in [2.24, 2.45) is 0 Å². The molecular formula is C109H125ClF3N17O12. The number of likely N-dealkylation sites (tertiary alicyclic amines) is 8. The number of pyridine rings is 8. The van der Waals surface area contributed by atoms with Crippen LogP contribution in [-0.4, -0.2) is 233 Å². The van der Waals surface area contributed by atoms with E-state index >= 15 is 0 Å². The number of furan rings is 5. The summed E-state index contributed by atoms with van der Waals surface area (Å²) in [5.74, 6) is 6.71. The second-order valence-corrected chi connectivity index (χ2v) is 39.4. The minimum Gasteiger partial charge on any atom is -0.492 e. The molecule has 15 aromatic rings. The lowest BCUT2D eigenvalue weighted by Crippen LogP contribution is -2.22. The van der Waals surface area contributed by atoms with Crippen LogP contribution in [0.2, 0.25) is 5.15 Å². The lowest BCUT2D eigenvalue weighted by Gasteiger charge is -2.26. The van der Waals surface area contributed by atoms with Gasteiger partial charge >= 0.3 is 6.18 Å². The molecule has 0 bridgehead atoms. The fourth-order valence-electron chi connectivity index (χ4n) is 22.7.